The first kappa shape index (κ1) is 58.3. The zero-order chi connectivity index (χ0) is 48.0. The zero-order valence-electron chi connectivity index (χ0n) is 40.5. The van der Waals surface area contributed by atoms with Crippen molar-refractivity contribution in [2.75, 3.05) is 0 Å². The number of hydrogen-bond acceptors (Lipinski definition) is 8. The third kappa shape index (κ3) is 20.6. The van der Waals surface area contributed by atoms with Gasteiger partial charge in [-0.05, 0) is 110 Å². The predicted molar refractivity (Wildman–Crippen MR) is 267 cm³/mol. The molecule has 0 saturated heterocycles. The summed E-state index contributed by atoms with van der Waals surface area (Å²) in [6.07, 6.45) is 11.7. The van der Waals surface area contributed by atoms with Gasteiger partial charge >= 0.3 is 28.4 Å². The van der Waals surface area contributed by atoms with Crippen LogP contribution in [0.5, 0.6) is 23.0 Å². The van der Waals surface area contributed by atoms with E-state index in [0.29, 0.717) is 36.8 Å². The maximum absolute atomic E-state index is 11.8. The maximum Gasteiger partial charge on any atom is 2.00 e. The van der Waals surface area contributed by atoms with E-state index in [1.54, 1.807) is 0 Å². The summed E-state index contributed by atoms with van der Waals surface area (Å²) in [5.41, 5.74) is 6.55. The number of aromatic carboxylic acids is 2. The summed E-state index contributed by atoms with van der Waals surface area (Å²) in [5.74, 6) is -4.97. The van der Waals surface area contributed by atoms with Crippen molar-refractivity contribution in [3.05, 3.63) is 106 Å². The quantitative estimate of drug-likeness (QED) is 0.0361. The number of carboxylic acids is 2. The maximum atomic E-state index is 11.8. The molecule has 0 aliphatic rings. The number of unbranched alkanes of at least 4 members (excludes halogenated alkanes) is 4. The SMILES string of the molecule is CCCCCCC(=Nc1ccccc1)C(CCCC)=Nc1ccccc1.CCc1cc(O)c([O-])c(C(=O)O)c1CC[Si](C)(C)C.CCc1cc(O)c([O-])c(C(=O)O)c1CC[Si](C)(C)C.[Ni+2]. The number of hydrogen-bond donors (Lipinski definition) is 4. The van der Waals surface area contributed by atoms with Crippen LogP contribution >= 0.6 is 0 Å². The van der Waals surface area contributed by atoms with Gasteiger partial charge < -0.3 is 30.6 Å². The minimum Gasteiger partial charge on any atom is -0.869 e. The molecule has 13 heteroatoms. The summed E-state index contributed by atoms with van der Waals surface area (Å²) >= 11 is 0. The van der Waals surface area contributed by atoms with E-state index >= 15 is 0 Å². The molecule has 0 aromatic heterocycles. The van der Waals surface area contributed by atoms with Crippen molar-refractivity contribution in [1.82, 2.24) is 0 Å². The van der Waals surface area contributed by atoms with Gasteiger partial charge in [-0.3, -0.25) is 9.98 Å². The molecule has 0 fully saturated rings. The molecular formula is C52H74N2NiO8Si2. The van der Waals surface area contributed by atoms with Gasteiger partial charge in [0.15, 0.2) is 0 Å². The number of aryl methyl sites for hydroxylation is 2. The van der Waals surface area contributed by atoms with Crippen LogP contribution < -0.4 is 10.2 Å². The Morgan fingerprint density at radius 3 is 1.22 bits per heavy atom. The van der Waals surface area contributed by atoms with Crippen LogP contribution in [0.1, 0.15) is 122 Å². The van der Waals surface area contributed by atoms with Crippen LogP contribution in [0.3, 0.4) is 0 Å². The first-order chi connectivity index (χ1) is 30.2. The molecule has 0 unspecified atom stereocenters. The van der Waals surface area contributed by atoms with Crippen LogP contribution in [0.4, 0.5) is 11.4 Å². The number of nitrogens with zero attached hydrogens (tertiary/aromatic N) is 2. The summed E-state index contributed by atoms with van der Waals surface area (Å²) in [5, 5.41) is 61.1. The Hall–Kier alpha value is -4.71. The average molecular weight is 970 g/mol. The molecule has 4 aromatic carbocycles. The van der Waals surface area contributed by atoms with E-state index in [1.807, 2.05) is 50.2 Å². The minimum atomic E-state index is -1.32. The monoisotopic (exact) mass is 968 g/mol. The van der Waals surface area contributed by atoms with Crippen molar-refractivity contribution in [2.45, 2.75) is 156 Å². The van der Waals surface area contributed by atoms with Gasteiger partial charge in [0, 0.05) is 16.1 Å². The van der Waals surface area contributed by atoms with Crippen molar-refractivity contribution < 1.29 is 56.7 Å². The summed E-state index contributed by atoms with van der Waals surface area (Å²) in [7, 11) is -2.64. The van der Waals surface area contributed by atoms with Crippen molar-refractivity contribution in [2.24, 2.45) is 9.98 Å². The molecule has 4 aromatic rings. The van der Waals surface area contributed by atoms with Gasteiger partial charge in [0.2, 0.25) is 0 Å². The second-order valence-electron chi connectivity index (χ2n) is 18.6. The summed E-state index contributed by atoms with van der Waals surface area (Å²) in [6.45, 7) is 21.5. The number of carboxylic acid groups (broad SMARTS) is 2. The van der Waals surface area contributed by atoms with Crippen molar-refractivity contribution in [1.29, 1.82) is 0 Å². The van der Waals surface area contributed by atoms with Crippen molar-refractivity contribution in [3.8, 4) is 23.0 Å². The Kier molecular flexibility index (Phi) is 26.0. The standard InChI is InChI=1S/C24H32N2.2C14H22O4Si.Ni/c1-3-5-7-14-20-24(26-22-17-12-9-13-18-22)23(19-6-4-2)25-21-15-10-8-11-16-21;2*1-5-9-8-11(15)13(16)12(14(17)18)10(9)6-7-19(2,3)4;/h8-13,15-18H,3-7,14,19-20H2,1-2H3;2*8,15-16H,5-7H2,1-4H3,(H,17,18);/q;;;+2/p-2. The molecule has 0 atom stereocenters. The predicted octanol–water partition coefficient (Wildman–Crippen LogP) is 12.9. The Balaban J connectivity index is 0.000000493. The molecule has 0 heterocycles. The van der Waals surface area contributed by atoms with Crippen LogP contribution in [0.15, 0.2) is 82.8 Å². The van der Waals surface area contributed by atoms with E-state index in [1.165, 1.54) is 44.2 Å². The number of para-hydroxylation sites is 2. The third-order valence-electron chi connectivity index (χ3n) is 10.8. The van der Waals surface area contributed by atoms with E-state index in [4.69, 9.17) is 9.98 Å². The fraction of sp³-hybridized carbons (Fsp3) is 0.462. The van der Waals surface area contributed by atoms with E-state index in [9.17, 15) is 40.2 Å². The molecule has 0 amide bonds. The summed E-state index contributed by atoms with van der Waals surface area (Å²) in [6, 6.07) is 25.2. The second kappa shape index (κ2) is 29.0. The van der Waals surface area contributed by atoms with Crippen LogP contribution in [0.2, 0.25) is 51.4 Å². The van der Waals surface area contributed by atoms with Crippen molar-refractivity contribution in [3.63, 3.8) is 0 Å². The third-order valence-corrected chi connectivity index (χ3v) is 14.3. The van der Waals surface area contributed by atoms with E-state index in [2.05, 4.69) is 77.4 Å². The fourth-order valence-electron chi connectivity index (χ4n) is 7.05. The molecule has 0 radical (unpaired) electrons. The smallest absolute Gasteiger partial charge is 0.869 e. The van der Waals surface area contributed by atoms with Gasteiger partial charge in [0.1, 0.15) is 11.5 Å². The average Bonchev–Trinajstić information content (AvgIpc) is 3.24. The minimum absolute atomic E-state index is 0. The molecule has 0 aliphatic heterocycles. The van der Waals surface area contributed by atoms with Crippen LogP contribution in [0, 0.1) is 0 Å². The first-order valence-electron chi connectivity index (χ1n) is 23.0. The number of carbonyl (C=O) groups is 2. The molecule has 0 bridgehead atoms. The van der Waals surface area contributed by atoms with Crippen LogP contribution in [-0.2, 0) is 42.2 Å². The van der Waals surface area contributed by atoms with E-state index < -0.39 is 51.1 Å². The van der Waals surface area contributed by atoms with Crippen molar-refractivity contribution >= 4 is 50.9 Å². The molecule has 65 heavy (non-hydrogen) atoms. The topological polar surface area (TPSA) is 186 Å². The summed E-state index contributed by atoms with van der Waals surface area (Å²) in [4.78, 5) is 32.5. The zero-order valence-corrected chi connectivity index (χ0v) is 43.4. The molecule has 0 aliphatic carbocycles. The molecular weight excluding hydrogens is 895 g/mol. The number of aliphatic imine (C=N–C) groups is 2. The number of rotatable bonds is 21. The summed E-state index contributed by atoms with van der Waals surface area (Å²) < 4.78 is 0. The molecule has 0 saturated carbocycles. The fourth-order valence-corrected chi connectivity index (χ4v) is 9.05. The normalized spacial score (nSPS) is 11.7. The molecule has 0 spiro atoms. The number of benzene rings is 4. The van der Waals surface area contributed by atoms with Crippen LogP contribution in [-0.4, -0.2) is 59.9 Å². The molecule has 358 valence electrons. The van der Waals surface area contributed by atoms with E-state index in [-0.39, 0.29) is 27.6 Å². The van der Waals surface area contributed by atoms with E-state index in [0.717, 1.165) is 65.3 Å². The molecule has 4 N–H and O–H groups in total. The van der Waals surface area contributed by atoms with Gasteiger partial charge in [0.25, 0.3) is 0 Å². The first-order valence-corrected chi connectivity index (χ1v) is 30.4. The Bertz CT molecular complexity index is 2060. The van der Waals surface area contributed by atoms with Gasteiger partial charge in [0.05, 0.1) is 33.9 Å². The number of aromatic hydroxyl groups is 2. The largest absolute Gasteiger partial charge is 2.00 e. The van der Waals surface area contributed by atoms with Crippen LogP contribution in [0.25, 0.3) is 0 Å². The van der Waals surface area contributed by atoms with Gasteiger partial charge in [-0.2, -0.15) is 0 Å². The second-order valence-corrected chi connectivity index (χ2v) is 29.9. The number of phenolic OH excluding ortho intramolecular Hbond substituents is 2. The molecule has 4 rings (SSSR count). The van der Waals surface area contributed by atoms with Gasteiger partial charge in [-0.25, -0.2) is 9.59 Å². The Morgan fingerprint density at radius 1 is 0.554 bits per heavy atom. The number of phenols is 2. The molecule has 10 nitrogen and oxygen atoms in total. The Morgan fingerprint density at radius 2 is 0.908 bits per heavy atom. The Labute approximate surface area is 401 Å². The van der Waals surface area contributed by atoms with Gasteiger partial charge in [-0.15, -0.1) is 0 Å². The van der Waals surface area contributed by atoms with Gasteiger partial charge in [-0.1, -0.05) is 153 Å².